The maximum atomic E-state index is 13.0. The molecule has 0 saturated carbocycles. The predicted octanol–water partition coefficient (Wildman–Crippen LogP) is 3.81. The molecule has 0 atom stereocenters. The molecule has 1 amide bonds. The Morgan fingerprint density at radius 3 is 2.34 bits per heavy atom. The summed E-state index contributed by atoms with van der Waals surface area (Å²) < 4.78 is 44.6. The van der Waals surface area contributed by atoms with Crippen LogP contribution in [0.1, 0.15) is 29.8 Å². The molecular formula is C24H24N4O6S. The maximum absolute atomic E-state index is 13.0. The van der Waals surface area contributed by atoms with Crippen LogP contribution in [-0.4, -0.2) is 39.6 Å². The third kappa shape index (κ3) is 5.99. The van der Waals surface area contributed by atoms with Gasteiger partial charge in [0.15, 0.2) is 11.5 Å². The number of hydrogen-bond donors (Lipinski definition) is 2. The molecule has 0 fully saturated rings. The molecule has 35 heavy (non-hydrogen) atoms. The Labute approximate surface area is 203 Å². The van der Waals surface area contributed by atoms with Crippen molar-refractivity contribution in [2.24, 2.45) is 0 Å². The van der Waals surface area contributed by atoms with Gasteiger partial charge >= 0.3 is 0 Å². The first-order chi connectivity index (χ1) is 16.8. The predicted molar refractivity (Wildman–Crippen MR) is 129 cm³/mol. The van der Waals surface area contributed by atoms with Crippen molar-refractivity contribution in [3.05, 3.63) is 65.9 Å². The largest absolute Gasteiger partial charge is 0.495 e. The monoisotopic (exact) mass is 496 g/mol. The third-order valence-electron chi connectivity index (χ3n) is 4.67. The number of nitrogens with one attached hydrogen (secondary N) is 2. The van der Waals surface area contributed by atoms with Crippen LogP contribution in [-0.2, 0) is 10.0 Å². The molecule has 1 aromatic heterocycles. The lowest BCUT2D eigenvalue weighted by molar-refractivity contribution is 0.102. The van der Waals surface area contributed by atoms with E-state index in [1.54, 1.807) is 26.0 Å². The number of carbonyl (C=O) groups excluding carboxylic acids is 1. The molecule has 0 bridgehead atoms. The van der Waals surface area contributed by atoms with Crippen molar-refractivity contribution in [1.29, 1.82) is 5.26 Å². The van der Waals surface area contributed by atoms with Crippen LogP contribution in [0.5, 0.6) is 17.2 Å². The van der Waals surface area contributed by atoms with Crippen LogP contribution in [0.25, 0.3) is 0 Å². The van der Waals surface area contributed by atoms with Crippen LogP contribution in [0.3, 0.4) is 0 Å². The minimum Gasteiger partial charge on any atom is -0.495 e. The smallest absolute Gasteiger partial charge is 0.266 e. The average molecular weight is 497 g/mol. The molecule has 0 aliphatic rings. The molecule has 1 heterocycles. The highest BCUT2D eigenvalue weighted by Gasteiger charge is 2.23. The number of nitrogens with zero attached hydrogens (tertiary/aromatic N) is 2. The van der Waals surface area contributed by atoms with Gasteiger partial charge in [-0.05, 0) is 44.2 Å². The quantitative estimate of drug-likeness (QED) is 0.432. The third-order valence-corrected chi connectivity index (χ3v) is 6.05. The van der Waals surface area contributed by atoms with Crippen molar-refractivity contribution >= 4 is 27.4 Å². The number of anilines is 2. The number of carbonyl (C=O) groups is 1. The first kappa shape index (κ1) is 25.3. The number of sulfonamides is 1. The SMILES string of the molecule is CCOc1cc(C#N)c(NC(=O)c2ccc(OC)c(S(=O)(=O)Nc3ccccn3)c2)cc1OCC. The molecular weight excluding hydrogens is 472 g/mol. The van der Waals surface area contributed by atoms with Gasteiger partial charge in [0, 0.05) is 23.9 Å². The lowest BCUT2D eigenvalue weighted by Gasteiger charge is -2.15. The van der Waals surface area contributed by atoms with E-state index in [4.69, 9.17) is 14.2 Å². The first-order valence-electron chi connectivity index (χ1n) is 10.6. The Morgan fingerprint density at radius 1 is 1.03 bits per heavy atom. The molecule has 0 aliphatic heterocycles. The molecule has 10 nitrogen and oxygen atoms in total. The summed E-state index contributed by atoms with van der Waals surface area (Å²) in [6.45, 7) is 4.31. The first-order valence-corrected chi connectivity index (χ1v) is 12.1. The molecule has 0 unspecified atom stereocenters. The number of pyridine rings is 1. The zero-order valence-electron chi connectivity index (χ0n) is 19.4. The summed E-state index contributed by atoms with van der Waals surface area (Å²) in [5.74, 6) is 0.261. The van der Waals surface area contributed by atoms with Crippen molar-refractivity contribution in [2.75, 3.05) is 30.4 Å². The summed E-state index contributed by atoms with van der Waals surface area (Å²) in [5.41, 5.74) is 0.377. The Balaban J connectivity index is 1.96. The summed E-state index contributed by atoms with van der Waals surface area (Å²) in [5, 5.41) is 12.2. The van der Waals surface area contributed by atoms with Gasteiger partial charge in [-0.25, -0.2) is 13.4 Å². The van der Waals surface area contributed by atoms with Gasteiger partial charge in [-0.1, -0.05) is 6.07 Å². The highest BCUT2D eigenvalue weighted by molar-refractivity contribution is 7.92. The van der Waals surface area contributed by atoms with Gasteiger partial charge in [0.25, 0.3) is 15.9 Å². The molecule has 3 aromatic rings. The molecule has 0 radical (unpaired) electrons. The second kappa shape index (κ2) is 11.2. The lowest BCUT2D eigenvalue weighted by atomic mass is 10.1. The van der Waals surface area contributed by atoms with Gasteiger partial charge in [-0.2, -0.15) is 5.26 Å². The Bertz CT molecular complexity index is 1350. The Hall–Kier alpha value is -4.30. The summed E-state index contributed by atoms with van der Waals surface area (Å²) in [7, 11) is -2.81. The fourth-order valence-corrected chi connectivity index (χ4v) is 4.34. The number of benzene rings is 2. The van der Waals surface area contributed by atoms with E-state index >= 15 is 0 Å². The lowest BCUT2D eigenvalue weighted by Crippen LogP contribution is -2.18. The van der Waals surface area contributed by atoms with Gasteiger partial charge in [0.05, 0.1) is 31.6 Å². The van der Waals surface area contributed by atoms with E-state index in [1.807, 2.05) is 6.07 Å². The molecule has 2 N–H and O–H groups in total. The van der Waals surface area contributed by atoms with E-state index in [0.29, 0.717) is 24.7 Å². The van der Waals surface area contributed by atoms with Gasteiger partial charge < -0.3 is 19.5 Å². The average Bonchev–Trinajstić information content (AvgIpc) is 2.85. The normalized spacial score (nSPS) is 10.7. The second-order valence-electron chi connectivity index (χ2n) is 6.96. The van der Waals surface area contributed by atoms with E-state index in [2.05, 4.69) is 15.0 Å². The van der Waals surface area contributed by atoms with Gasteiger partial charge in [0.2, 0.25) is 0 Å². The molecule has 182 valence electrons. The van der Waals surface area contributed by atoms with E-state index in [1.165, 1.54) is 49.7 Å². The molecule has 0 spiro atoms. The van der Waals surface area contributed by atoms with Gasteiger partial charge in [0.1, 0.15) is 22.5 Å². The van der Waals surface area contributed by atoms with E-state index < -0.39 is 15.9 Å². The number of amides is 1. The van der Waals surface area contributed by atoms with Crippen molar-refractivity contribution < 1.29 is 27.4 Å². The van der Waals surface area contributed by atoms with Crippen molar-refractivity contribution in [2.45, 2.75) is 18.7 Å². The molecule has 0 aliphatic carbocycles. The van der Waals surface area contributed by atoms with Crippen molar-refractivity contribution in [3.8, 4) is 23.3 Å². The van der Waals surface area contributed by atoms with Crippen molar-refractivity contribution in [3.63, 3.8) is 0 Å². The fraction of sp³-hybridized carbons (Fsp3) is 0.208. The van der Waals surface area contributed by atoms with Crippen LogP contribution in [0.15, 0.2) is 59.6 Å². The van der Waals surface area contributed by atoms with Crippen LogP contribution < -0.4 is 24.2 Å². The number of hydrogen-bond acceptors (Lipinski definition) is 8. The highest BCUT2D eigenvalue weighted by atomic mass is 32.2. The topological polar surface area (TPSA) is 140 Å². The second-order valence-corrected chi connectivity index (χ2v) is 8.61. The standard InChI is InChI=1S/C24H24N4O6S/c1-4-33-20-12-17(15-25)18(14-21(20)34-5-2)27-24(29)16-9-10-19(32-3)22(13-16)35(30,31)28-23-8-6-7-11-26-23/h6-14H,4-5H2,1-3H3,(H,26,28)(H,27,29). The Kier molecular flexibility index (Phi) is 8.12. The van der Waals surface area contributed by atoms with Crippen LogP contribution in [0.2, 0.25) is 0 Å². The van der Waals surface area contributed by atoms with Gasteiger partial charge in [-0.15, -0.1) is 0 Å². The fourth-order valence-electron chi connectivity index (χ4n) is 3.13. The summed E-state index contributed by atoms with van der Waals surface area (Å²) in [4.78, 5) is 16.7. The maximum Gasteiger partial charge on any atom is 0.266 e. The number of aromatic nitrogens is 1. The number of ether oxygens (including phenoxy) is 3. The summed E-state index contributed by atoms with van der Waals surface area (Å²) in [6.07, 6.45) is 1.44. The highest BCUT2D eigenvalue weighted by Crippen LogP contribution is 2.34. The zero-order valence-corrected chi connectivity index (χ0v) is 20.2. The minimum absolute atomic E-state index is 0.0305. The Morgan fingerprint density at radius 2 is 1.74 bits per heavy atom. The van der Waals surface area contributed by atoms with Crippen LogP contribution in [0, 0.1) is 11.3 Å². The minimum atomic E-state index is -4.13. The molecule has 0 saturated heterocycles. The van der Waals surface area contributed by atoms with Crippen molar-refractivity contribution in [1.82, 2.24) is 4.98 Å². The van der Waals surface area contributed by atoms with E-state index in [9.17, 15) is 18.5 Å². The zero-order chi connectivity index (χ0) is 25.4. The molecule has 2 aromatic carbocycles. The van der Waals surface area contributed by atoms with E-state index in [-0.39, 0.29) is 33.3 Å². The summed E-state index contributed by atoms with van der Waals surface area (Å²) >= 11 is 0. The molecule has 3 rings (SSSR count). The summed E-state index contributed by atoms with van der Waals surface area (Å²) in [6, 6.07) is 13.7. The number of methoxy groups -OCH3 is 1. The number of rotatable bonds is 10. The van der Waals surface area contributed by atoms with Gasteiger partial charge in [-0.3, -0.25) is 9.52 Å². The molecule has 11 heteroatoms. The van der Waals surface area contributed by atoms with Crippen LogP contribution >= 0.6 is 0 Å². The number of nitriles is 1. The van der Waals surface area contributed by atoms with Crippen LogP contribution in [0.4, 0.5) is 11.5 Å². The van der Waals surface area contributed by atoms with E-state index in [0.717, 1.165) is 0 Å².